The predicted octanol–water partition coefficient (Wildman–Crippen LogP) is 3.09. The quantitative estimate of drug-likeness (QED) is 0.795. The Hall–Kier alpha value is -2.93. The summed E-state index contributed by atoms with van der Waals surface area (Å²) in [6, 6.07) is 10.9. The van der Waals surface area contributed by atoms with Crippen molar-refractivity contribution in [2.45, 2.75) is 19.3 Å². The first-order valence-electron chi connectivity index (χ1n) is 9.42. The van der Waals surface area contributed by atoms with Crippen molar-refractivity contribution < 1.29 is 19.1 Å². The molecule has 1 N–H and O–H groups in total. The number of likely N-dealkylation sites (tertiary alicyclic amines) is 1. The van der Waals surface area contributed by atoms with Crippen LogP contribution in [0.25, 0.3) is 0 Å². The molecule has 7 heteroatoms. The minimum Gasteiger partial charge on any atom is -0.454 e. The van der Waals surface area contributed by atoms with Gasteiger partial charge in [0.15, 0.2) is 5.75 Å². The Balaban J connectivity index is 1.63. The highest BCUT2D eigenvalue weighted by molar-refractivity contribution is 5.94. The minimum atomic E-state index is -0.244. The molecular weight excluding hydrogens is 358 g/mol. The molecule has 1 aromatic heterocycles. The summed E-state index contributed by atoms with van der Waals surface area (Å²) in [4.78, 5) is 30.8. The molecule has 148 valence electrons. The SMILES string of the molecule is COCCC(=O)N1CCCC(C(=O)Nc2ccccc2Oc2cccnc2)C1. The Morgan fingerprint density at radius 3 is 2.89 bits per heavy atom. The summed E-state index contributed by atoms with van der Waals surface area (Å²) in [6.45, 7) is 1.51. The number of anilines is 1. The Morgan fingerprint density at radius 2 is 2.11 bits per heavy atom. The largest absolute Gasteiger partial charge is 0.454 e. The molecule has 1 fully saturated rings. The molecular formula is C21H25N3O4. The summed E-state index contributed by atoms with van der Waals surface area (Å²) in [7, 11) is 1.57. The molecule has 1 atom stereocenters. The average Bonchev–Trinajstić information content (AvgIpc) is 2.74. The number of benzene rings is 1. The van der Waals surface area contributed by atoms with Gasteiger partial charge in [0, 0.05) is 26.4 Å². The maximum Gasteiger partial charge on any atom is 0.229 e. The fourth-order valence-corrected chi connectivity index (χ4v) is 3.19. The van der Waals surface area contributed by atoms with Crippen molar-refractivity contribution in [1.29, 1.82) is 0 Å². The van der Waals surface area contributed by atoms with E-state index in [1.807, 2.05) is 12.1 Å². The van der Waals surface area contributed by atoms with E-state index in [0.717, 1.165) is 12.8 Å². The van der Waals surface area contributed by atoms with Crippen LogP contribution in [0, 0.1) is 5.92 Å². The second kappa shape index (κ2) is 9.85. The van der Waals surface area contributed by atoms with E-state index in [2.05, 4.69) is 10.3 Å². The number of carbonyl (C=O) groups excluding carboxylic acids is 2. The van der Waals surface area contributed by atoms with Gasteiger partial charge in [0.25, 0.3) is 0 Å². The zero-order valence-corrected chi connectivity index (χ0v) is 16.0. The predicted molar refractivity (Wildman–Crippen MR) is 105 cm³/mol. The molecule has 1 aliphatic heterocycles. The number of nitrogens with zero attached hydrogens (tertiary/aromatic N) is 2. The van der Waals surface area contributed by atoms with E-state index in [1.54, 1.807) is 48.7 Å². The zero-order chi connectivity index (χ0) is 19.8. The molecule has 1 saturated heterocycles. The Kier molecular flexibility index (Phi) is 6.97. The molecule has 1 unspecified atom stereocenters. The molecule has 0 spiro atoms. The number of rotatable bonds is 7. The number of nitrogens with one attached hydrogen (secondary N) is 1. The first-order chi connectivity index (χ1) is 13.7. The van der Waals surface area contributed by atoms with Crippen molar-refractivity contribution in [2.24, 2.45) is 5.92 Å². The van der Waals surface area contributed by atoms with Crippen molar-refractivity contribution >= 4 is 17.5 Å². The fraction of sp³-hybridized carbons (Fsp3) is 0.381. The lowest BCUT2D eigenvalue weighted by Gasteiger charge is -2.32. The van der Waals surface area contributed by atoms with Gasteiger partial charge in [0.1, 0.15) is 5.75 Å². The van der Waals surface area contributed by atoms with Crippen LogP contribution < -0.4 is 10.1 Å². The number of hydrogen-bond acceptors (Lipinski definition) is 5. The molecule has 0 radical (unpaired) electrons. The summed E-state index contributed by atoms with van der Waals surface area (Å²) in [6.07, 6.45) is 5.19. The summed E-state index contributed by atoms with van der Waals surface area (Å²) in [5, 5.41) is 2.96. The van der Waals surface area contributed by atoms with E-state index in [9.17, 15) is 9.59 Å². The highest BCUT2D eigenvalue weighted by Gasteiger charge is 2.28. The van der Waals surface area contributed by atoms with Gasteiger partial charge in [0.05, 0.1) is 30.8 Å². The number of pyridine rings is 1. The van der Waals surface area contributed by atoms with E-state index in [0.29, 0.717) is 43.3 Å². The Morgan fingerprint density at radius 1 is 1.25 bits per heavy atom. The van der Waals surface area contributed by atoms with Crippen LogP contribution in [-0.2, 0) is 14.3 Å². The van der Waals surface area contributed by atoms with Crippen LogP contribution in [0.3, 0.4) is 0 Å². The molecule has 2 aromatic rings. The third-order valence-corrected chi connectivity index (χ3v) is 4.67. The standard InChI is InChI=1S/C21H25N3O4/c1-27-13-10-20(25)24-12-5-6-16(15-24)21(26)23-18-8-2-3-9-19(18)28-17-7-4-11-22-14-17/h2-4,7-9,11,14,16H,5-6,10,12-13,15H2,1H3,(H,23,26). The van der Waals surface area contributed by atoms with Crippen LogP contribution in [0.1, 0.15) is 19.3 Å². The number of carbonyl (C=O) groups is 2. The molecule has 0 aliphatic carbocycles. The van der Waals surface area contributed by atoms with Crippen molar-refractivity contribution in [3.8, 4) is 11.5 Å². The number of methoxy groups -OCH3 is 1. The number of aromatic nitrogens is 1. The monoisotopic (exact) mass is 383 g/mol. The molecule has 1 aliphatic rings. The molecule has 2 amide bonds. The van der Waals surface area contributed by atoms with Gasteiger partial charge in [-0.15, -0.1) is 0 Å². The molecule has 7 nitrogen and oxygen atoms in total. The number of hydrogen-bond donors (Lipinski definition) is 1. The summed E-state index contributed by atoms with van der Waals surface area (Å²) < 4.78 is 10.8. The maximum absolute atomic E-state index is 12.8. The zero-order valence-electron chi connectivity index (χ0n) is 16.0. The molecule has 0 bridgehead atoms. The molecule has 0 saturated carbocycles. The van der Waals surface area contributed by atoms with Gasteiger partial charge < -0.3 is 19.7 Å². The normalized spacial score (nSPS) is 16.5. The third kappa shape index (κ3) is 5.29. The second-order valence-corrected chi connectivity index (χ2v) is 6.70. The molecule has 28 heavy (non-hydrogen) atoms. The number of amides is 2. The van der Waals surface area contributed by atoms with Gasteiger partial charge in [-0.25, -0.2) is 0 Å². The minimum absolute atomic E-state index is 0.0275. The van der Waals surface area contributed by atoms with E-state index < -0.39 is 0 Å². The van der Waals surface area contributed by atoms with Crippen molar-refractivity contribution in [3.05, 3.63) is 48.8 Å². The van der Waals surface area contributed by atoms with Gasteiger partial charge in [-0.05, 0) is 37.1 Å². The van der Waals surface area contributed by atoms with E-state index in [-0.39, 0.29) is 17.7 Å². The van der Waals surface area contributed by atoms with Crippen molar-refractivity contribution in [3.63, 3.8) is 0 Å². The van der Waals surface area contributed by atoms with Gasteiger partial charge >= 0.3 is 0 Å². The number of para-hydroxylation sites is 2. The summed E-state index contributed by atoms with van der Waals surface area (Å²) >= 11 is 0. The smallest absolute Gasteiger partial charge is 0.229 e. The first kappa shape index (κ1) is 19.8. The van der Waals surface area contributed by atoms with Crippen LogP contribution >= 0.6 is 0 Å². The van der Waals surface area contributed by atoms with E-state index >= 15 is 0 Å². The van der Waals surface area contributed by atoms with Crippen molar-refractivity contribution in [2.75, 3.05) is 32.1 Å². The number of piperidine rings is 1. The first-order valence-corrected chi connectivity index (χ1v) is 9.42. The van der Waals surface area contributed by atoms with Crippen LogP contribution in [0.15, 0.2) is 48.8 Å². The Labute approximate surface area is 164 Å². The highest BCUT2D eigenvalue weighted by atomic mass is 16.5. The highest BCUT2D eigenvalue weighted by Crippen LogP contribution is 2.30. The van der Waals surface area contributed by atoms with Gasteiger partial charge in [-0.2, -0.15) is 0 Å². The summed E-state index contributed by atoms with van der Waals surface area (Å²) in [5.74, 6) is 0.822. The van der Waals surface area contributed by atoms with Gasteiger partial charge in [0.2, 0.25) is 11.8 Å². The lowest BCUT2D eigenvalue weighted by molar-refractivity contribution is -0.135. The lowest BCUT2D eigenvalue weighted by Crippen LogP contribution is -2.44. The van der Waals surface area contributed by atoms with Crippen LogP contribution in [-0.4, -0.2) is 48.5 Å². The fourth-order valence-electron chi connectivity index (χ4n) is 3.19. The van der Waals surface area contributed by atoms with Gasteiger partial charge in [-0.3, -0.25) is 14.6 Å². The third-order valence-electron chi connectivity index (χ3n) is 4.67. The second-order valence-electron chi connectivity index (χ2n) is 6.70. The van der Waals surface area contributed by atoms with E-state index in [4.69, 9.17) is 9.47 Å². The van der Waals surface area contributed by atoms with E-state index in [1.165, 1.54) is 0 Å². The maximum atomic E-state index is 12.8. The molecule has 3 rings (SSSR count). The summed E-state index contributed by atoms with van der Waals surface area (Å²) in [5.41, 5.74) is 0.596. The Bertz CT molecular complexity index is 797. The number of ether oxygens (including phenoxy) is 2. The molecule has 2 heterocycles. The van der Waals surface area contributed by atoms with Gasteiger partial charge in [-0.1, -0.05) is 12.1 Å². The van der Waals surface area contributed by atoms with Crippen LogP contribution in [0.2, 0.25) is 0 Å². The topological polar surface area (TPSA) is 80.8 Å². The average molecular weight is 383 g/mol. The van der Waals surface area contributed by atoms with Crippen LogP contribution in [0.5, 0.6) is 11.5 Å². The molecule has 1 aromatic carbocycles. The van der Waals surface area contributed by atoms with Crippen molar-refractivity contribution in [1.82, 2.24) is 9.88 Å². The van der Waals surface area contributed by atoms with Crippen LogP contribution in [0.4, 0.5) is 5.69 Å². The lowest BCUT2D eigenvalue weighted by atomic mass is 9.96.